The Balaban J connectivity index is 1.31. The van der Waals surface area contributed by atoms with Crippen LogP contribution in [0.15, 0.2) is 89.0 Å². The summed E-state index contributed by atoms with van der Waals surface area (Å²) in [5, 5.41) is 18.1. The molecule has 0 spiro atoms. The average Bonchev–Trinajstić information content (AvgIpc) is 3.53. The van der Waals surface area contributed by atoms with Crippen LogP contribution in [0, 0.1) is 0 Å². The van der Waals surface area contributed by atoms with E-state index < -0.39 is 11.2 Å². The molecule has 0 saturated heterocycles. The minimum Gasteiger partial charge on any atom is -0.497 e. The van der Waals surface area contributed by atoms with Crippen LogP contribution in [-0.4, -0.2) is 51.1 Å². The minimum atomic E-state index is -1.05. The summed E-state index contributed by atoms with van der Waals surface area (Å²) in [6.07, 6.45) is 0.553. The topological polar surface area (TPSA) is 121 Å². The van der Waals surface area contributed by atoms with Crippen molar-refractivity contribution in [3.8, 4) is 5.75 Å². The van der Waals surface area contributed by atoms with E-state index in [1.807, 2.05) is 54.6 Å². The van der Waals surface area contributed by atoms with Crippen molar-refractivity contribution in [2.24, 2.45) is 10.1 Å². The third-order valence-electron chi connectivity index (χ3n) is 6.23. The molecule has 0 saturated carbocycles. The van der Waals surface area contributed by atoms with Gasteiger partial charge in [-0.1, -0.05) is 42.1 Å². The Hall–Kier alpha value is -4.44. The number of carboxylic acids is 1. The van der Waals surface area contributed by atoms with Crippen LogP contribution in [0.1, 0.15) is 40.4 Å². The first-order chi connectivity index (χ1) is 18.4. The minimum absolute atomic E-state index is 0.0733. The number of hydrazone groups is 1. The summed E-state index contributed by atoms with van der Waals surface area (Å²) >= 11 is 1.22. The molecule has 0 radical (unpaired) electrons. The maximum absolute atomic E-state index is 12.8. The van der Waals surface area contributed by atoms with Gasteiger partial charge in [-0.15, -0.1) is 0 Å². The Bertz CT molecular complexity index is 1420. The largest absolute Gasteiger partial charge is 0.497 e. The fourth-order valence-corrected chi connectivity index (χ4v) is 5.32. The first-order valence-electron chi connectivity index (χ1n) is 11.9. The SMILES string of the molecule is COc1ccc(C2=NN(C3=NC(=O)[C@H](CC(=O)Nc4ccc(C(=O)O)cc4)S3)[C@@H](c3ccccc3)C2)cc1. The van der Waals surface area contributed by atoms with Gasteiger partial charge in [0.2, 0.25) is 5.91 Å². The molecule has 0 fully saturated rings. The highest BCUT2D eigenvalue weighted by atomic mass is 32.2. The van der Waals surface area contributed by atoms with Gasteiger partial charge in [-0.2, -0.15) is 10.1 Å². The summed E-state index contributed by atoms with van der Waals surface area (Å²) in [5.41, 5.74) is 3.43. The zero-order valence-corrected chi connectivity index (χ0v) is 21.2. The lowest BCUT2D eigenvalue weighted by atomic mass is 9.98. The molecule has 10 heteroatoms. The number of carbonyl (C=O) groups excluding carboxylic acids is 2. The number of carbonyl (C=O) groups is 3. The lowest BCUT2D eigenvalue weighted by Crippen LogP contribution is -2.25. The van der Waals surface area contributed by atoms with Gasteiger partial charge >= 0.3 is 5.97 Å². The normalized spacial score (nSPS) is 18.7. The molecule has 2 amide bonds. The van der Waals surface area contributed by atoms with Crippen molar-refractivity contribution in [2.75, 3.05) is 12.4 Å². The van der Waals surface area contributed by atoms with Gasteiger partial charge in [0.1, 0.15) is 11.0 Å². The predicted octanol–water partition coefficient (Wildman–Crippen LogP) is 4.57. The van der Waals surface area contributed by atoms with Crippen molar-refractivity contribution in [2.45, 2.75) is 24.1 Å². The van der Waals surface area contributed by atoms with E-state index in [1.54, 1.807) is 12.1 Å². The van der Waals surface area contributed by atoms with Gasteiger partial charge in [-0.25, -0.2) is 9.80 Å². The second-order valence-electron chi connectivity index (χ2n) is 8.72. The van der Waals surface area contributed by atoms with E-state index in [0.717, 1.165) is 22.6 Å². The van der Waals surface area contributed by atoms with Crippen molar-refractivity contribution in [3.63, 3.8) is 0 Å². The summed E-state index contributed by atoms with van der Waals surface area (Å²) in [6, 6.07) is 23.3. The van der Waals surface area contributed by atoms with Crippen molar-refractivity contribution in [1.82, 2.24) is 5.01 Å². The Morgan fingerprint density at radius 3 is 2.42 bits per heavy atom. The van der Waals surface area contributed by atoms with E-state index in [2.05, 4.69) is 10.3 Å². The lowest BCUT2D eigenvalue weighted by Gasteiger charge is -2.23. The van der Waals surface area contributed by atoms with Gasteiger partial charge in [0.25, 0.3) is 5.91 Å². The summed E-state index contributed by atoms with van der Waals surface area (Å²) in [4.78, 5) is 40.7. The van der Waals surface area contributed by atoms with Gasteiger partial charge in [-0.3, -0.25) is 9.59 Å². The van der Waals surface area contributed by atoms with E-state index >= 15 is 0 Å². The highest BCUT2D eigenvalue weighted by Gasteiger charge is 2.39. The number of rotatable bonds is 7. The van der Waals surface area contributed by atoms with Gasteiger partial charge in [0.15, 0.2) is 5.17 Å². The Kier molecular flexibility index (Phi) is 7.23. The van der Waals surface area contributed by atoms with Gasteiger partial charge in [-0.05, 0) is 59.7 Å². The first-order valence-corrected chi connectivity index (χ1v) is 12.8. The van der Waals surface area contributed by atoms with Crippen LogP contribution in [0.3, 0.4) is 0 Å². The molecule has 2 aliphatic heterocycles. The number of anilines is 1. The molecule has 9 nitrogen and oxygen atoms in total. The molecule has 0 bridgehead atoms. The van der Waals surface area contributed by atoms with Crippen LogP contribution in [0.5, 0.6) is 5.75 Å². The van der Waals surface area contributed by atoms with Gasteiger partial charge in [0, 0.05) is 18.5 Å². The highest BCUT2D eigenvalue weighted by Crippen LogP contribution is 2.38. The second-order valence-corrected chi connectivity index (χ2v) is 9.89. The second kappa shape index (κ2) is 10.9. The molecule has 2 N–H and O–H groups in total. The molecule has 2 atom stereocenters. The summed E-state index contributed by atoms with van der Waals surface area (Å²) in [6.45, 7) is 0. The van der Waals surface area contributed by atoms with Crippen LogP contribution in [0.25, 0.3) is 0 Å². The number of aromatic carboxylic acids is 1. The molecular weight excluding hydrogens is 504 g/mol. The highest BCUT2D eigenvalue weighted by molar-refractivity contribution is 8.15. The summed E-state index contributed by atoms with van der Waals surface area (Å²) in [7, 11) is 1.62. The van der Waals surface area contributed by atoms with Crippen LogP contribution >= 0.6 is 11.8 Å². The number of methoxy groups -OCH3 is 1. The molecule has 5 rings (SSSR count). The standard InChI is InChI=1S/C28H24N4O5S/c1-37-21-13-9-17(10-14-21)22-15-23(18-5-3-2-4-6-18)32(31-22)28-30-26(34)24(38-28)16-25(33)29-20-11-7-19(8-12-20)27(35)36/h2-14,23-24H,15-16H2,1H3,(H,29,33)(H,35,36)/t23-,24+/m1/s1. The monoisotopic (exact) mass is 528 g/mol. The molecular formula is C28H24N4O5S. The molecule has 2 aliphatic rings. The summed E-state index contributed by atoms with van der Waals surface area (Å²) in [5.74, 6) is -1.04. The van der Waals surface area contributed by atoms with E-state index in [4.69, 9.17) is 14.9 Å². The molecule has 0 unspecified atom stereocenters. The predicted molar refractivity (Wildman–Crippen MR) is 146 cm³/mol. The lowest BCUT2D eigenvalue weighted by molar-refractivity contribution is -0.121. The zero-order chi connectivity index (χ0) is 26.6. The molecule has 3 aromatic carbocycles. The van der Waals surface area contributed by atoms with E-state index in [9.17, 15) is 14.4 Å². The first kappa shape index (κ1) is 25.2. The maximum Gasteiger partial charge on any atom is 0.335 e. The number of thioether (sulfide) groups is 1. The fourth-order valence-electron chi connectivity index (χ4n) is 4.26. The zero-order valence-electron chi connectivity index (χ0n) is 20.4. The summed E-state index contributed by atoms with van der Waals surface area (Å²) < 4.78 is 5.27. The van der Waals surface area contributed by atoms with Crippen LogP contribution < -0.4 is 10.1 Å². The molecule has 38 heavy (non-hydrogen) atoms. The molecule has 2 heterocycles. The number of ether oxygens (including phenoxy) is 1. The average molecular weight is 529 g/mol. The van der Waals surface area contributed by atoms with Crippen molar-refractivity contribution in [1.29, 1.82) is 0 Å². The number of carboxylic acid groups (broad SMARTS) is 1. The van der Waals surface area contributed by atoms with Crippen molar-refractivity contribution >= 4 is 46.1 Å². The van der Waals surface area contributed by atoms with Crippen molar-refractivity contribution in [3.05, 3.63) is 95.6 Å². The Labute approximate surface area is 223 Å². The van der Waals surface area contributed by atoms with Crippen LogP contribution in [0.2, 0.25) is 0 Å². The number of amides is 2. The van der Waals surface area contributed by atoms with Gasteiger partial charge in [0.05, 0.1) is 24.4 Å². The van der Waals surface area contributed by atoms with E-state index in [-0.39, 0.29) is 29.8 Å². The molecule has 0 aliphatic carbocycles. The number of benzene rings is 3. The smallest absolute Gasteiger partial charge is 0.335 e. The Morgan fingerprint density at radius 1 is 1.05 bits per heavy atom. The van der Waals surface area contributed by atoms with Crippen LogP contribution in [-0.2, 0) is 9.59 Å². The number of hydrogen-bond donors (Lipinski definition) is 2. The number of amidine groups is 1. The molecule has 0 aromatic heterocycles. The number of hydrogen-bond acceptors (Lipinski definition) is 7. The number of nitrogens with one attached hydrogen (secondary N) is 1. The fraction of sp³-hybridized carbons (Fsp3) is 0.179. The van der Waals surface area contributed by atoms with Crippen molar-refractivity contribution < 1.29 is 24.2 Å². The number of nitrogens with zero attached hydrogens (tertiary/aromatic N) is 3. The third-order valence-corrected chi connectivity index (χ3v) is 7.37. The Morgan fingerprint density at radius 2 is 1.76 bits per heavy atom. The van der Waals surface area contributed by atoms with E-state index in [1.165, 1.54) is 36.0 Å². The maximum atomic E-state index is 12.8. The number of aliphatic imine (C=N–C) groups is 1. The third kappa shape index (κ3) is 5.45. The van der Waals surface area contributed by atoms with Gasteiger partial charge < -0.3 is 15.2 Å². The quantitative estimate of drug-likeness (QED) is 0.461. The van der Waals surface area contributed by atoms with Crippen LogP contribution in [0.4, 0.5) is 5.69 Å². The molecule has 3 aromatic rings. The molecule has 192 valence electrons. The van der Waals surface area contributed by atoms with E-state index in [0.29, 0.717) is 17.3 Å².